The Morgan fingerprint density at radius 3 is 2.71 bits per heavy atom. The van der Waals surface area contributed by atoms with Gasteiger partial charge in [-0.15, -0.1) is 0 Å². The molecular weight excluding hydrogens is 446 g/mol. The van der Waals surface area contributed by atoms with Gasteiger partial charge in [-0.2, -0.15) is 0 Å². The largest absolute Gasteiger partial charge is 0.377 e. The van der Waals surface area contributed by atoms with E-state index < -0.39 is 23.9 Å². The molecule has 5 rings (SSSR count). The normalized spacial score (nSPS) is 22.2. The summed E-state index contributed by atoms with van der Waals surface area (Å²) >= 11 is 0. The monoisotopic (exact) mass is 472 g/mol. The fourth-order valence-corrected chi connectivity index (χ4v) is 4.28. The molecule has 1 saturated carbocycles. The van der Waals surface area contributed by atoms with Gasteiger partial charge in [0.1, 0.15) is 11.2 Å². The lowest BCUT2D eigenvalue weighted by Gasteiger charge is -2.50. The minimum absolute atomic E-state index is 0.0830. The highest BCUT2D eigenvalue weighted by Gasteiger charge is 2.52. The zero-order valence-electron chi connectivity index (χ0n) is 19.0. The Labute approximate surface area is 195 Å². The van der Waals surface area contributed by atoms with Crippen LogP contribution in [-0.4, -0.2) is 65.7 Å². The maximum Gasteiger partial charge on any atom is 0.319 e. The van der Waals surface area contributed by atoms with Gasteiger partial charge in [0.15, 0.2) is 11.6 Å². The minimum atomic E-state index is -3.09. The van der Waals surface area contributed by atoms with E-state index in [0.717, 1.165) is 24.7 Å². The first-order chi connectivity index (χ1) is 16.1. The number of anilines is 3. The van der Waals surface area contributed by atoms with Crippen molar-refractivity contribution in [2.45, 2.75) is 44.2 Å². The topological polar surface area (TPSA) is 99.7 Å². The fraction of sp³-hybridized carbons (Fsp3) is 0.478. The first-order valence-electron chi connectivity index (χ1n) is 11.2. The van der Waals surface area contributed by atoms with Crippen LogP contribution in [0.2, 0.25) is 0 Å². The molecule has 1 saturated heterocycles. The Morgan fingerprint density at radius 1 is 1.29 bits per heavy atom. The van der Waals surface area contributed by atoms with Gasteiger partial charge in [-0.05, 0) is 44.0 Å². The zero-order chi connectivity index (χ0) is 24.1. The number of ether oxygens (including phenoxy) is 1. The second-order valence-corrected chi connectivity index (χ2v) is 9.29. The van der Waals surface area contributed by atoms with Crippen molar-refractivity contribution >= 4 is 29.1 Å². The van der Waals surface area contributed by atoms with E-state index in [-0.39, 0.29) is 24.4 Å². The zero-order valence-corrected chi connectivity index (χ0v) is 19.0. The van der Waals surface area contributed by atoms with Crippen LogP contribution in [0.15, 0.2) is 30.5 Å². The van der Waals surface area contributed by atoms with Crippen molar-refractivity contribution in [1.82, 2.24) is 15.3 Å². The summed E-state index contributed by atoms with van der Waals surface area (Å²) in [6, 6.07) is 7.06. The molecule has 9 nitrogen and oxygen atoms in total. The van der Waals surface area contributed by atoms with Crippen LogP contribution in [0.1, 0.15) is 26.7 Å². The number of carbonyl (C=O) groups excluding carboxylic acids is 2. The van der Waals surface area contributed by atoms with Crippen LogP contribution in [0.3, 0.4) is 0 Å². The van der Waals surface area contributed by atoms with Crippen molar-refractivity contribution in [3.05, 3.63) is 30.5 Å². The Hall–Kier alpha value is -3.34. The van der Waals surface area contributed by atoms with Gasteiger partial charge in [0, 0.05) is 30.8 Å². The molecule has 0 spiro atoms. The summed E-state index contributed by atoms with van der Waals surface area (Å²) in [4.78, 5) is 37.1. The summed E-state index contributed by atoms with van der Waals surface area (Å²) in [7, 11) is 0. The quantitative estimate of drug-likeness (QED) is 0.694. The average Bonchev–Trinajstić information content (AvgIpc) is 3.60. The molecule has 1 aliphatic carbocycles. The van der Waals surface area contributed by atoms with E-state index in [1.807, 2.05) is 4.90 Å². The van der Waals surface area contributed by atoms with Crippen LogP contribution in [0, 0.1) is 0 Å². The molecule has 0 bridgehead atoms. The first kappa shape index (κ1) is 22.5. The molecule has 180 valence electrons. The van der Waals surface area contributed by atoms with Crippen LogP contribution in [0.25, 0.3) is 11.4 Å². The summed E-state index contributed by atoms with van der Waals surface area (Å²) in [5, 5.41) is 5.65. The van der Waals surface area contributed by atoms with Crippen molar-refractivity contribution in [3.63, 3.8) is 0 Å². The van der Waals surface area contributed by atoms with E-state index in [9.17, 15) is 18.4 Å². The first-order valence-corrected chi connectivity index (χ1v) is 11.2. The molecule has 1 aromatic heterocycles. The standard InChI is InChI=1S/C23H26F2N6O3/c1-22-13-34-10-9-31(22)19-17(30(20(22)32)12-23(2,24)25)11-26-18(29-19)14-3-5-15(6-4-14)27-21(33)28-16-7-8-16/h3-6,11,16H,7-10,12-13H2,1-2H3,(H2,27,28,33)/t22-/m1/s1. The van der Waals surface area contributed by atoms with Gasteiger partial charge < -0.3 is 20.3 Å². The van der Waals surface area contributed by atoms with Gasteiger partial charge >= 0.3 is 6.03 Å². The predicted molar refractivity (Wildman–Crippen MR) is 122 cm³/mol. The van der Waals surface area contributed by atoms with Gasteiger partial charge in [-0.1, -0.05) is 0 Å². The van der Waals surface area contributed by atoms with E-state index in [0.29, 0.717) is 36.0 Å². The third-order valence-electron chi connectivity index (χ3n) is 6.19. The van der Waals surface area contributed by atoms with Gasteiger partial charge in [0.25, 0.3) is 11.8 Å². The molecule has 3 heterocycles. The van der Waals surface area contributed by atoms with E-state index >= 15 is 0 Å². The van der Waals surface area contributed by atoms with Crippen LogP contribution in [-0.2, 0) is 9.53 Å². The van der Waals surface area contributed by atoms with Crippen molar-refractivity contribution in [1.29, 1.82) is 0 Å². The van der Waals surface area contributed by atoms with Gasteiger partial charge in [-0.25, -0.2) is 23.5 Å². The highest BCUT2D eigenvalue weighted by Crippen LogP contribution is 2.42. The summed E-state index contributed by atoms with van der Waals surface area (Å²) in [5.41, 5.74) is 0.438. The highest BCUT2D eigenvalue weighted by atomic mass is 19.3. The van der Waals surface area contributed by atoms with Crippen LogP contribution in [0.5, 0.6) is 0 Å². The molecule has 3 aliphatic rings. The Morgan fingerprint density at radius 2 is 2.03 bits per heavy atom. The maximum atomic E-state index is 14.0. The Balaban J connectivity index is 1.46. The summed E-state index contributed by atoms with van der Waals surface area (Å²) < 4.78 is 33.4. The second-order valence-electron chi connectivity index (χ2n) is 9.29. The summed E-state index contributed by atoms with van der Waals surface area (Å²) in [5.74, 6) is -2.74. The number of urea groups is 1. The molecule has 0 unspecified atom stereocenters. The molecular formula is C23H26F2N6O3. The molecule has 2 aliphatic heterocycles. The summed E-state index contributed by atoms with van der Waals surface area (Å²) in [6.45, 7) is 2.58. The number of halogens is 2. The molecule has 2 fully saturated rings. The Kier molecular flexibility index (Phi) is 5.38. The molecule has 34 heavy (non-hydrogen) atoms. The molecule has 1 atom stereocenters. The van der Waals surface area contributed by atoms with Crippen LogP contribution >= 0.6 is 0 Å². The van der Waals surface area contributed by atoms with E-state index in [2.05, 4.69) is 20.6 Å². The SMILES string of the molecule is CC(F)(F)CN1C(=O)[C@@]2(C)COCCN2c2nc(-c3ccc(NC(=O)NC4CC4)cc3)ncc21. The van der Waals surface area contributed by atoms with Crippen molar-refractivity contribution < 1.29 is 23.1 Å². The number of fused-ring (bicyclic) bond motifs is 3. The number of amides is 3. The van der Waals surface area contributed by atoms with Gasteiger partial charge in [0.05, 0.1) is 26.0 Å². The number of rotatable bonds is 5. The number of carbonyl (C=O) groups is 2. The van der Waals surface area contributed by atoms with Gasteiger partial charge in [-0.3, -0.25) is 9.69 Å². The average molecular weight is 472 g/mol. The number of aromatic nitrogens is 2. The van der Waals surface area contributed by atoms with Crippen molar-refractivity contribution in [2.75, 3.05) is 41.4 Å². The number of nitrogens with one attached hydrogen (secondary N) is 2. The summed E-state index contributed by atoms with van der Waals surface area (Å²) in [6.07, 6.45) is 3.43. The molecule has 2 aromatic rings. The van der Waals surface area contributed by atoms with Gasteiger partial charge in [0.2, 0.25) is 0 Å². The number of alkyl halides is 2. The maximum absolute atomic E-state index is 14.0. The molecule has 1 aromatic carbocycles. The number of nitrogens with zero attached hydrogens (tertiary/aromatic N) is 4. The third kappa shape index (κ3) is 4.27. The van der Waals surface area contributed by atoms with E-state index in [1.165, 1.54) is 6.20 Å². The number of morpholine rings is 1. The van der Waals surface area contributed by atoms with E-state index in [4.69, 9.17) is 4.74 Å². The van der Waals surface area contributed by atoms with Crippen LogP contribution in [0.4, 0.5) is 30.8 Å². The third-order valence-corrected chi connectivity index (χ3v) is 6.19. The number of hydrogen-bond donors (Lipinski definition) is 2. The molecule has 3 amide bonds. The van der Waals surface area contributed by atoms with Crippen LogP contribution < -0.4 is 20.4 Å². The Bertz CT molecular complexity index is 1120. The lowest BCUT2D eigenvalue weighted by Crippen LogP contribution is -2.68. The fourth-order valence-electron chi connectivity index (χ4n) is 4.28. The lowest BCUT2D eigenvalue weighted by molar-refractivity contribution is -0.128. The number of benzene rings is 1. The second kappa shape index (κ2) is 8.15. The van der Waals surface area contributed by atoms with Crippen molar-refractivity contribution in [3.8, 4) is 11.4 Å². The van der Waals surface area contributed by atoms with E-state index in [1.54, 1.807) is 31.2 Å². The molecule has 11 heteroatoms. The smallest absolute Gasteiger partial charge is 0.319 e. The van der Waals surface area contributed by atoms with Crippen molar-refractivity contribution in [2.24, 2.45) is 0 Å². The predicted octanol–water partition coefficient (Wildman–Crippen LogP) is 3.02. The molecule has 2 N–H and O–H groups in total. The lowest BCUT2D eigenvalue weighted by atomic mass is 9.93. The highest BCUT2D eigenvalue weighted by molar-refractivity contribution is 6.08. The minimum Gasteiger partial charge on any atom is -0.377 e. The number of hydrogen-bond acceptors (Lipinski definition) is 6. The molecule has 0 radical (unpaired) electrons.